The van der Waals surface area contributed by atoms with Gasteiger partial charge in [0.2, 0.25) is 0 Å². The van der Waals surface area contributed by atoms with Gasteiger partial charge in [-0.25, -0.2) is 0 Å². The molecule has 0 aliphatic rings. The number of hydrogen-bond donors (Lipinski definition) is 0. The highest BCUT2D eigenvalue weighted by Gasteiger charge is 1.98. The molecular formula is C9H9BrCl2O. The van der Waals surface area contributed by atoms with E-state index in [1.165, 1.54) is 0 Å². The van der Waals surface area contributed by atoms with Crippen molar-refractivity contribution in [1.29, 1.82) is 0 Å². The van der Waals surface area contributed by atoms with Crippen molar-refractivity contribution in [1.82, 2.24) is 0 Å². The van der Waals surface area contributed by atoms with Crippen LogP contribution >= 0.6 is 39.1 Å². The lowest BCUT2D eigenvalue weighted by Crippen LogP contribution is -1.97. The summed E-state index contributed by atoms with van der Waals surface area (Å²) in [6, 6.07) is 5.18. The number of benzene rings is 1. The second kappa shape index (κ2) is 5.74. The Balaban J connectivity index is 2.56. The summed E-state index contributed by atoms with van der Waals surface area (Å²) in [5, 5.41) is 2.13. The summed E-state index contributed by atoms with van der Waals surface area (Å²) in [7, 11) is 0. The standard InChI is InChI=1S/C9H9BrCl2O/c10-2-1-3-13-9-5-7(11)4-8(12)6-9/h4-6H,1-3H2. The fraction of sp³-hybridized carbons (Fsp3) is 0.333. The largest absolute Gasteiger partial charge is 0.493 e. The Hall–Kier alpha value is 0.0800. The van der Waals surface area contributed by atoms with Gasteiger partial charge in [0.15, 0.2) is 0 Å². The molecule has 0 unspecified atom stereocenters. The van der Waals surface area contributed by atoms with Crippen molar-refractivity contribution in [3.63, 3.8) is 0 Å². The first-order valence-corrected chi connectivity index (χ1v) is 5.75. The molecule has 0 N–H and O–H groups in total. The fourth-order valence-corrected chi connectivity index (χ4v) is 1.59. The van der Waals surface area contributed by atoms with E-state index in [0.717, 1.165) is 17.5 Å². The highest BCUT2D eigenvalue weighted by Crippen LogP contribution is 2.24. The van der Waals surface area contributed by atoms with Gasteiger partial charge in [-0.1, -0.05) is 39.1 Å². The molecule has 0 atom stereocenters. The molecule has 1 nitrogen and oxygen atoms in total. The summed E-state index contributed by atoms with van der Waals surface area (Å²) in [5.74, 6) is 0.721. The molecule has 0 aliphatic carbocycles. The highest BCUT2D eigenvalue weighted by molar-refractivity contribution is 9.09. The molecule has 4 heteroatoms. The van der Waals surface area contributed by atoms with Gasteiger partial charge in [-0.3, -0.25) is 0 Å². The first kappa shape index (κ1) is 11.2. The summed E-state index contributed by atoms with van der Waals surface area (Å²) < 4.78 is 5.41. The van der Waals surface area contributed by atoms with Crippen LogP contribution in [0.25, 0.3) is 0 Å². The quantitative estimate of drug-likeness (QED) is 0.596. The van der Waals surface area contributed by atoms with E-state index in [1.807, 2.05) is 0 Å². The Morgan fingerprint density at radius 2 is 1.77 bits per heavy atom. The SMILES string of the molecule is Clc1cc(Cl)cc(OCCCBr)c1. The molecule has 1 rings (SSSR count). The predicted octanol–water partition coefficient (Wildman–Crippen LogP) is 4.16. The van der Waals surface area contributed by atoms with E-state index < -0.39 is 0 Å². The van der Waals surface area contributed by atoms with Crippen LogP contribution in [0.4, 0.5) is 0 Å². The van der Waals surface area contributed by atoms with Crippen molar-refractivity contribution in [2.75, 3.05) is 11.9 Å². The van der Waals surface area contributed by atoms with Gasteiger partial charge in [0.1, 0.15) is 5.75 Å². The van der Waals surface area contributed by atoms with E-state index in [0.29, 0.717) is 16.7 Å². The van der Waals surface area contributed by atoms with Gasteiger partial charge in [-0.05, 0) is 24.6 Å². The van der Waals surface area contributed by atoms with Crippen LogP contribution in [-0.4, -0.2) is 11.9 Å². The van der Waals surface area contributed by atoms with E-state index >= 15 is 0 Å². The number of alkyl halides is 1. The molecule has 0 aromatic heterocycles. The summed E-state index contributed by atoms with van der Waals surface area (Å²) in [6.45, 7) is 0.669. The van der Waals surface area contributed by atoms with Crippen LogP contribution in [0.3, 0.4) is 0 Å². The Bertz CT molecular complexity index is 258. The Kier molecular flexibility index (Phi) is 4.92. The second-order valence-electron chi connectivity index (χ2n) is 2.50. The number of rotatable bonds is 4. The Morgan fingerprint density at radius 1 is 1.15 bits per heavy atom. The van der Waals surface area contributed by atoms with Crippen molar-refractivity contribution in [2.24, 2.45) is 0 Å². The third kappa shape index (κ3) is 4.21. The zero-order chi connectivity index (χ0) is 9.68. The maximum absolute atomic E-state index is 5.79. The molecule has 0 fully saturated rings. The summed E-state index contributed by atoms with van der Waals surface area (Å²) in [4.78, 5) is 0. The number of halogens is 3. The third-order valence-electron chi connectivity index (χ3n) is 1.38. The van der Waals surface area contributed by atoms with Crippen LogP contribution in [0, 0.1) is 0 Å². The van der Waals surface area contributed by atoms with E-state index in [1.54, 1.807) is 18.2 Å². The van der Waals surface area contributed by atoms with Gasteiger partial charge < -0.3 is 4.74 Å². The Labute approximate surface area is 96.1 Å². The van der Waals surface area contributed by atoms with Crippen molar-refractivity contribution >= 4 is 39.1 Å². The minimum Gasteiger partial charge on any atom is -0.493 e. The normalized spacial score (nSPS) is 10.1. The van der Waals surface area contributed by atoms with Gasteiger partial charge in [-0.2, -0.15) is 0 Å². The van der Waals surface area contributed by atoms with E-state index in [2.05, 4.69) is 15.9 Å². The average molecular weight is 284 g/mol. The van der Waals surface area contributed by atoms with Crippen molar-refractivity contribution in [3.05, 3.63) is 28.2 Å². The van der Waals surface area contributed by atoms with Gasteiger partial charge in [-0.15, -0.1) is 0 Å². The van der Waals surface area contributed by atoms with Crippen LogP contribution in [0.2, 0.25) is 10.0 Å². The maximum atomic E-state index is 5.79. The molecule has 0 heterocycles. The molecule has 1 aromatic carbocycles. The summed E-state index contributed by atoms with van der Waals surface area (Å²) >= 11 is 14.9. The van der Waals surface area contributed by atoms with Crippen LogP contribution in [0.1, 0.15) is 6.42 Å². The highest BCUT2D eigenvalue weighted by atomic mass is 79.9. The van der Waals surface area contributed by atoms with Crippen LogP contribution < -0.4 is 4.74 Å². The Morgan fingerprint density at radius 3 is 2.31 bits per heavy atom. The smallest absolute Gasteiger partial charge is 0.122 e. The van der Waals surface area contributed by atoms with Crippen LogP contribution in [0.5, 0.6) is 5.75 Å². The maximum Gasteiger partial charge on any atom is 0.122 e. The summed E-state index contributed by atoms with van der Waals surface area (Å²) in [5.41, 5.74) is 0. The fourth-order valence-electron chi connectivity index (χ4n) is 0.856. The second-order valence-corrected chi connectivity index (χ2v) is 4.16. The van der Waals surface area contributed by atoms with Gasteiger partial charge in [0.05, 0.1) is 6.61 Å². The number of hydrogen-bond acceptors (Lipinski definition) is 1. The lowest BCUT2D eigenvalue weighted by atomic mass is 10.3. The predicted molar refractivity (Wildman–Crippen MR) is 60.4 cm³/mol. The van der Waals surface area contributed by atoms with Crippen LogP contribution in [0.15, 0.2) is 18.2 Å². The minimum absolute atomic E-state index is 0.598. The number of ether oxygens (including phenoxy) is 1. The molecule has 0 saturated heterocycles. The van der Waals surface area contributed by atoms with Crippen molar-refractivity contribution in [2.45, 2.75) is 6.42 Å². The first-order chi connectivity index (χ1) is 6.22. The topological polar surface area (TPSA) is 9.23 Å². The monoisotopic (exact) mass is 282 g/mol. The average Bonchev–Trinajstić information content (AvgIpc) is 2.03. The molecule has 0 radical (unpaired) electrons. The molecule has 0 aliphatic heterocycles. The van der Waals surface area contributed by atoms with Crippen molar-refractivity contribution in [3.8, 4) is 5.75 Å². The van der Waals surface area contributed by atoms with E-state index in [4.69, 9.17) is 27.9 Å². The van der Waals surface area contributed by atoms with Gasteiger partial charge in [0, 0.05) is 15.4 Å². The van der Waals surface area contributed by atoms with Crippen molar-refractivity contribution < 1.29 is 4.74 Å². The zero-order valence-electron chi connectivity index (χ0n) is 6.90. The first-order valence-electron chi connectivity index (χ1n) is 3.87. The minimum atomic E-state index is 0.598. The molecule has 0 spiro atoms. The van der Waals surface area contributed by atoms with E-state index in [-0.39, 0.29) is 0 Å². The lowest BCUT2D eigenvalue weighted by molar-refractivity contribution is 0.319. The molecule has 0 amide bonds. The molecule has 0 saturated carbocycles. The lowest BCUT2D eigenvalue weighted by Gasteiger charge is -2.05. The molecule has 1 aromatic rings. The third-order valence-corrected chi connectivity index (χ3v) is 2.38. The zero-order valence-corrected chi connectivity index (χ0v) is 9.99. The van der Waals surface area contributed by atoms with Gasteiger partial charge in [0.25, 0.3) is 0 Å². The summed E-state index contributed by atoms with van der Waals surface area (Å²) in [6.07, 6.45) is 0.962. The van der Waals surface area contributed by atoms with Crippen LogP contribution in [-0.2, 0) is 0 Å². The molecular weight excluding hydrogens is 275 g/mol. The van der Waals surface area contributed by atoms with Gasteiger partial charge >= 0.3 is 0 Å². The molecule has 0 bridgehead atoms. The van der Waals surface area contributed by atoms with E-state index in [9.17, 15) is 0 Å². The molecule has 72 valence electrons. The molecule has 13 heavy (non-hydrogen) atoms.